The van der Waals surface area contributed by atoms with Gasteiger partial charge in [0.2, 0.25) is 0 Å². The monoisotopic (exact) mass is 466 g/mol. The van der Waals surface area contributed by atoms with Crippen molar-refractivity contribution in [3.05, 3.63) is 80.7 Å². The van der Waals surface area contributed by atoms with Crippen molar-refractivity contribution in [1.82, 2.24) is 24.9 Å². The van der Waals surface area contributed by atoms with Gasteiger partial charge < -0.3 is 5.32 Å². The highest BCUT2D eigenvalue weighted by molar-refractivity contribution is 6.31. The molecule has 2 aromatic heterocycles. The molecule has 2 aromatic carbocycles. The smallest absolute Gasteiger partial charge is 0.251 e. The Hall–Kier alpha value is -3.34. The molecule has 32 heavy (non-hydrogen) atoms. The molecule has 0 aliphatic rings. The second kappa shape index (κ2) is 9.03. The fourth-order valence-electron chi connectivity index (χ4n) is 3.53. The van der Waals surface area contributed by atoms with Gasteiger partial charge in [0, 0.05) is 28.7 Å². The fourth-order valence-corrected chi connectivity index (χ4v) is 3.88. The molecule has 0 bridgehead atoms. The third-order valence-corrected chi connectivity index (χ3v) is 6.01. The molecule has 7 nitrogen and oxygen atoms in total. The number of amides is 1. The lowest BCUT2D eigenvalue weighted by atomic mass is 10.1. The van der Waals surface area contributed by atoms with Crippen molar-refractivity contribution in [3.8, 4) is 6.07 Å². The van der Waals surface area contributed by atoms with Gasteiger partial charge in [-0.25, -0.2) is 0 Å². The van der Waals surface area contributed by atoms with Gasteiger partial charge in [-0.15, -0.1) is 0 Å². The van der Waals surface area contributed by atoms with E-state index in [1.165, 1.54) is 0 Å². The highest BCUT2D eigenvalue weighted by Crippen LogP contribution is 2.21. The standard InChI is InChI=1S/C23H20Cl2N6O/c1-14-22(25)15(2)31(28-14)7-6-30-13-20-18(11-26)9-17(10-21(20)29-30)23(32)27-12-16-4-3-5-19(24)8-16/h3-5,8-10,13H,6-7,12H2,1-2H3,(H,27,32). The van der Waals surface area contributed by atoms with Crippen LogP contribution in [0.5, 0.6) is 0 Å². The van der Waals surface area contributed by atoms with Gasteiger partial charge in [0.15, 0.2) is 0 Å². The van der Waals surface area contributed by atoms with E-state index in [0.29, 0.717) is 51.7 Å². The highest BCUT2D eigenvalue weighted by Gasteiger charge is 2.14. The van der Waals surface area contributed by atoms with Crippen molar-refractivity contribution in [1.29, 1.82) is 5.26 Å². The predicted octanol–water partition coefficient (Wildman–Crippen LogP) is 4.66. The predicted molar refractivity (Wildman–Crippen MR) is 124 cm³/mol. The van der Waals surface area contributed by atoms with Crippen molar-refractivity contribution in [2.75, 3.05) is 0 Å². The molecule has 0 saturated carbocycles. The molecule has 1 N–H and O–H groups in total. The molecule has 162 valence electrons. The van der Waals surface area contributed by atoms with Gasteiger partial charge in [-0.2, -0.15) is 15.5 Å². The highest BCUT2D eigenvalue weighted by atomic mass is 35.5. The van der Waals surface area contributed by atoms with E-state index in [1.54, 1.807) is 28.9 Å². The van der Waals surface area contributed by atoms with Gasteiger partial charge in [-0.3, -0.25) is 14.2 Å². The average molecular weight is 467 g/mol. The summed E-state index contributed by atoms with van der Waals surface area (Å²) in [6, 6.07) is 12.7. The number of hydrogen-bond acceptors (Lipinski definition) is 4. The number of rotatable bonds is 6. The van der Waals surface area contributed by atoms with E-state index in [1.807, 2.05) is 36.9 Å². The van der Waals surface area contributed by atoms with E-state index < -0.39 is 0 Å². The molecule has 1 amide bonds. The maximum atomic E-state index is 12.7. The van der Waals surface area contributed by atoms with Crippen molar-refractivity contribution in [2.45, 2.75) is 33.5 Å². The molecule has 0 spiro atoms. The first kappa shape index (κ1) is 21.9. The van der Waals surface area contributed by atoms with Crippen molar-refractivity contribution < 1.29 is 4.79 Å². The quantitative estimate of drug-likeness (QED) is 0.447. The van der Waals surface area contributed by atoms with Crippen LogP contribution in [0.1, 0.15) is 32.9 Å². The molecule has 0 atom stereocenters. The summed E-state index contributed by atoms with van der Waals surface area (Å²) >= 11 is 12.2. The Bertz CT molecular complexity index is 1370. The van der Waals surface area contributed by atoms with Crippen LogP contribution < -0.4 is 5.32 Å². The number of aryl methyl sites for hydroxylation is 3. The molecule has 2 heterocycles. The Morgan fingerprint density at radius 3 is 2.66 bits per heavy atom. The Morgan fingerprint density at radius 1 is 1.16 bits per heavy atom. The summed E-state index contributed by atoms with van der Waals surface area (Å²) in [5, 5.41) is 23.4. The van der Waals surface area contributed by atoms with Crippen LogP contribution in [-0.2, 0) is 19.6 Å². The zero-order valence-corrected chi connectivity index (χ0v) is 19.1. The lowest BCUT2D eigenvalue weighted by Crippen LogP contribution is -2.22. The molecular formula is C23H20Cl2N6O. The number of hydrogen-bond donors (Lipinski definition) is 1. The normalized spacial score (nSPS) is 11.0. The van der Waals surface area contributed by atoms with Crippen molar-refractivity contribution in [3.63, 3.8) is 0 Å². The second-order valence-electron chi connectivity index (χ2n) is 7.48. The number of halogens is 2. The fraction of sp³-hybridized carbons (Fsp3) is 0.217. The molecule has 0 radical (unpaired) electrons. The van der Waals surface area contributed by atoms with Crippen LogP contribution in [0, 0.1) is 25.2 Å². The van der Waals surface area contributed by atoms with E-state index in [4.69, 9.17) is 23.2 Å². The maximum absolute atomic E-state index is 12.7. The SMILES string of the molecule is Cc1nn(CCn2cc3c(C#N)cc(C(=O)NCc4cccc(Cl)c4)cc3n2)c(C)c1Cl. The molecule has 0 fully saturated rings. The van der Waals surface area contributed by atoms with Crippen LogP contribution in [0.4, 0.5) is 0 Å². The minimum atomic E-state index is -0.282. The van der Waals surface area contributed by atoms with Crippen LogP contribution >= 0.6 is 23.2 Å². The summed E-state index contributed by atoms with van der Waals surface area (Å²) in [5.74, 6) is -0.282. The zero-order chi connectivity index (χ0) is 22.8. The molecule has 0 aliphatic carbocycles. The molecule has 0 aliphatic heterocycles. The number of nitriles is 1. The minimum absolute atomic E-state index is 0.282. The van der Waals surface area contributed by atoms with Crippen LogP contribution in [-0.4, -0.2) is 25.5 Å². The molecule has 4 rings (SSSR count). The summed E-state index contributed by atoms with van der Waals surface area (Å²) in [5.41, 5.74) is 3.94. The third-order valence-electron chi connectivity index (χ3n) is 5.23. The van der Waals surface area contributed by atoms with E-state index in [0.717, 1.165) is 17.0 Å². The van der Waals surface area contributed by atoms with Crippen molar-refractivity contribution >= 4 is 40.0 Å². The Kier molecular flexibility index (Phi) is 6.17. The van der Waals surface area contributed by atoms with Gasteiger partial charge in [-0.05, 0) is 43.7 Å². The molecule has 4 aromatic rings. The van der Waals surface area contributed by atoms with Crippen LogP contribution in [0.25, 0.3) is 10.9 Å². The summed E-state index contributed by atoms with van der Waals surface area (Å²) < 4.78 is 3.59. The Labute approximate surface area is 195 Å². The van der Waals surface area contributed by atoms with E-state index in [-0.39, 0.29) is 5.91 Å². The van der Waals surface area contributed by atoms with Crippen LogP contribution in [0.2, 0.25) is 10.0 Å². The lowest BCUT2D eigenvalue weighted by Gasteiger charge is -2.06. The number of nitrogens with zero attached hydrogens (tertiary/aromatic N) is 5. The number of nitrogens with one attached hydrogen (secondary N) is 1. The van der Waals surface area contributed by atoms with Gasteiger partial charge in [-0.1, -0.05) is 35.3 Å². The van der Waals surface area contributed by atoms with Gasteiger partial charge in [0.25, 0.3) is 5.91 Å². The summed E-state index contributed by atoms with van der Waals surface area (Å²) in [6.45, 7) is 5.26. The summed E-state index contributed by atoms with van der Waals surface area (Å²) in [6.07, 6.45) is 1.81. The van der Waals surface area contributed by atoms with Gasteiger partial charge >= 0.3 is 0 Å². The van der Waals surface area contributed by atoms with Crippen LogP contribution in [0.3, 0.4) is 0 Å². The first-order chi connectivity index (χ1) is 15.4. The maximum Gasteiger partial charge on any atom is 0.251 e. The molecule has 9 heteroatoms. The van der Waals surface area contributed by atoms with Crippen LogP contribution in [0.15, 0.2) is 42.6 Å². The van der Waals surface area contributed by atoms with Gasteiger partial charge in [0.05, 0.1) is 46.6 Å². The number of aromatic nitrogens is 4. The Morgan fingerprint density at radius 2 is 1.97 bits per heavy atom. The number of carbonyl (C=O) groups excluding carboxylic acids is 1. The summed E-state index contributed by atoms with van der Waals surface area (Å²) in [7, 11) is 0. The minimum Gasteiger partial charge on any atom is -0.348 e. The zero-order valence-electron chi connectivity index (χ0n) is 17.6. The van der Waals surface area contributed by atoms with E-state index in [9.17, 15) is 10.1 Å². The number of carbonyl (C=O) groups is 1. The Balaban J connectivity index is 1.53. The first-order valence-electron chi connectivity index (χ1n) is 9.99. The largest absolute Gasteiger partial charge is 0.348 e. The lowest BCUT2D eigenvalue weighted by molar-refractivity contribution is 0.0951. The van der Waals surface area contributed by atoms with E-state index in [2.05, 4.69) is 21.6 Å². The second-order valence-corrected chi connectivity index (χ2v) is 8.30. The number of benzene rings is 2. The molecular weight excluding hydrogens is 447 g/mol. The van der Waals surface area contributed by atoms with Crippen molar-refractivity contribution in [2.24, 2.45) is 0 Å². The summed E-state index contributed by atoms with van der Waals surface area (Å²) in [4.78, 5) is 12.7. The first-order valence-corrected chi connectivity index (χ1v) is 10.7. The molecule has 0 saturated heterocycles. The van der Waals surface area contributed by atoms with Gasteiger partial charge in [0.1, 0.15) is 0 Å². The van der Waals surface area contributed by atoms with E-state index >= 15 is 0 Å². The number of fused-ring (bicyclic) bond motifs is 1. The topological polar surface area (TPSA) is 88.5 Å². The third kappa shape index (κ3) is 4.47. The average Bonchev–Trinajstić information content (AvgIpc) is 3.31. The molecule has 0 unspecified atom stereocenters.